The Morgan fingerprint density at radius 3 is 2.74 bits per heavy atom. The highest BCUT2D eigenvalue weighted by molar-refractivity contribution is 7.92. The maximum atomic E-state index is 12.2. The van der Waals surface area contributed by atoms with E-state index < -0.39 is 25.9 Å². The Morgan fingerprint density at radius 2 is 2.16 bits per heavy atom. The fraction of sp³-hybridized carbons (Fsp3) is 0.500. The summed E-state index contributed by atoms with van der Waals surface area (Å²) in [7, 11) is -5.36. The molecule has 0 saturated carbocycles. The molecule has 1 aromatic heterocycles. The van der Waals surface area contributed by atoms with E-state index >= 15 is 0 Å². The Balaban J connectivity index is 2.24. The van der Waals surface area contributed by atoms with Gasteiger partial charge in [-0.05, 0) is 18.6 Å². The van der Waals surface area contributed by atoms with Crippen LogP contribution in [0.4, 0.5) is 5.69 Å². The van der Waals surface area contributed by atoms with Crippen molar-refractivity contribution in [2.75, 3.05) is 23.9 Å². The average molecular weight is 305 g/mol. The first-order valence-corrected chi connectivity index (χ1v) is 9.00. The predicted octanol–water partition coefficient (Wildman–Crippen LogP) is -0.411. The van der Waals surface area contributed by atoms with Crippen LogP contribution < -0.4 is 10.0 Å². The molecule has 9 heteroatoms. The molecule has 106 valence electrons. The van der Waals surface area contributed by atoms with Gasteiger partial charge in [0, 0.05) is 19.3 Å². The van der Waals surface area contributed by atoms with Crippen LogP contribution in [0.25, 0.3) is 0 Å². The van der Waals surface area contributed by atoms with Crippen molar-refractivity contribution < 1.29 is 16.8 Å². The van der Waals surface area contributed by atoms with E-state index in [0.29, 0.717) is 12.1 Å². The van der Waals surface area contributed by atoms with Gasteiger partial charge in [0.05, 0.1) is 17.2 Å². The average Bonchev–Trinajstić information content (AvgIpc) is 2.67. The molecule has 0 bridgehead atoms. The molecule has 2 heterocycles. The fourth-order valence-corrected chi connectivity index (χ4v) is 5.15. The zero-order chi connectivity index (χ0) is 14.1. The van der Waals surface area contributed by atoms with Gasteiger partial charge in [-0.1, -0.05) is 0 Å². The van der Waals surface area contributed by atoms with Crippen molar-refractivity contribution in [2.24, 2.45) is 0 Å². The minimum Gasteiger partial charge on any atom is -0.386 e. The van der Waals surface area contributed by atoms with Gasteiger partial charge in [0.25, 0.3) is 10.0 Å². The molecule has 1 atom stereocenters. The number of nitrogens with zero attached hydrogens (tertiary/aromatic N) is 1. The summed E-state index contributed by atoms with van der Waals surface area (Å²) < 4.78 is 49.4. The smallest absolute Gasteiger partial charge is 0.260 e. The third kappa shape index (κ3) is 3.23. The normalized spacial score (nSPS) is 22.3. The van der Waals surface area contributed by atoms with Crippen LogP contribution in [0.15, 0.2) is 23.4 Å². The first-order chi connectivity index (χ1) is 8.84. The van der Waals surface area contributed by atoms with Crippen LogP contribution in [0.3, 0.4) is 0 Å². The lowest BCUT2D eigenvalue weighted by molar-refractivity contribution is 0.559. The second-order valence-electron chi connectivity index (χ2n) is 4.33. The molecule has 0 radical (unpaired) electrons. The monoisotopic (exact) mass is 305 g/mol. The van der Waals surface area contributed by atoms with Gasteiger partial charge < -0.3 is 5.32 Å². The molecule has 19 heavy (non-hydrogen) atoms. The molecule has 1 saturated heterocycles. The lowest BCUT2D eigenvalue weighted by atomic mass is 10.3. The molecule has 1 aliphatic rings. The van der Waals surface area contributed by atoms with Crippen LogP contribution >= 0.6 is 0 Å². The van der Waals surface area contributed by atoms with Crippen molar-refractivity contribution in [2.45, 2.75) is 17.5 Å². The van der Waals surface area contributed by atoms with Crippen LogP contribution in [0.5, 0.6) is 0 Å². The van der Waals surface area contributed by atoms with Gasteiger partial charge >= 0.3 is 0 Å². The molecule has 1 fully saturated rings. The first kappa shape index (κ1) is 14.2. The Hall–Kier alpha value is -1.19. The molecule has 2 rings (SSSR count). The van der Waals surface area contributed by atoms with Gasteiger partial charge in [-0.15, -0.1) is 0 Å². The number of hydrogen-bond donors (Lipinski definition) is 2. The van der Waals surface area contributed by atoms with Gasteiger partial charge in [0.2, 0.25) is 0 Å². The maximum Gasteiger partial charge on any atom is 0.260 e. The highest BCUT2D eigenvalue weighted by Crippen LogP contribution is 2.19. The minimum absolute atomic E-state index is 0.0152. The molecule has 7 nitrogen and oxygen atoms in total. The standard InChI is InChI=1S/C10H15N3O4S2/c1-11-9-3-2-5-12-10(9)19(16,17)13-8-4-6-18(14,15)7-8/h2-3,5,8,11,13H,4,6-7H2,1H3. The van der Waals surface area contributed by atoms with E-state index in [0.717, 1.165) is 0 Å². The number of rotatable bonds is 4. The largest absolute Gasteiger partial charge is 0.386 e. The summed E-state index contributed by atoms with van der Waals surface area (Å²) in [5.41, 5.74) is 0.371. The number of pyridine rings is 1. The molecule has 0 aliphatic carbocycles. The minimum atomic E-state index is -3.82. The van der Waals surface area contributed by atoms with E-state index in [1.54, 1.807) is 19.2 Å². The van der Waals surface area contributed by atoms with Gasteiger partial charge in [-0.3, -0.25) is 0 Å². The van der Waals surface area contributed by atoms with Gasteiger partial charge in [0.15, 0.2) is 14.9 Å². The molecular formula is C10H15N3O4S2. The van der Waals surface area contributed by atoms with Crippen LogP contribution in [0.1, 0.15) is 6.42 Å². The number of hydrogen-bond acceptors (Lipinski definition) is 6. The van der Waals surface area contributed by atoms with E-state index in [4.69, 9.17) is 0 Å². The van der Waals surface area contributed by atoms with Gasteiger partial charge in [-0.25, -0.2) is 26.5 Å². The zero-order valence-corrected chi connectivity index (χ0v) is 12.0. The summed E-state index contributed by atoms with van der Waals surface area (Å²) in [6.07, 6.45) is 1.67. The second kappa shape index (κ2) is 5.06. The summed E-state index contributed by atoms with van der Waals surface area (Å²) in [4.78, 5) is 3.84. The second-order valence-corrected chi connectivity index (χ2v) is 8.19. The molecule has 2 N–H and O–H groups in total. The predicted molar refractivity (Wildman–Crippen MR) is 71.2 cm³/mol. The van der Waals surface area contributed by atoms with Gasteiger partial charge in [0.1, 0.15) is 0 Å². The van der Waals surface area contributed by atoms with E-state index in [1.807, 2.05) is 0 Å². The first-order valence-electron chi connectivity index (χ1n) is 5.69. The Bertz CT molecular complexity index is 670. The number of aromatic nitrogens is 1. The third-order valence-electron chi connectivity index (χ3n) is 2.85. The molecule has 1 unspecified atom stereocenters. The highest BCUT2D eigenvalue weighted by atomic mass is 32.2. The van der Waals surface area contributed by atoms with E-state index in [1.165, 1.54) is 6.20 Å². The quantitative estimate of drug-likeness (QED) is 0.783. The molecule has 0 spiro atoms. The van der Waals surface area contributed by atoms with E-state index in [9.17, 15) is 16.8 Å². The van der Waals surface area contributed by atoms with Crippen molar-refractivity contribution in [3.05, 3.63) is 18.3 Å². The van der Waals surface area contributed by atoms with Crippen LogP contribution in [-0.4, -0.2) is 46.4 Å². The number of sulfonamides is 1. The lowest BCUT2D eigenvalue weighted by Crippen LogP contribution is -2.36. The third-order valence-corrected chi connectivity index (χ3v) is 6.10. The SMILES string of the molecule is CNc1cccnc1S(=O)(=O)NC1CCS(=O)(=O)C1. The molecule has 0 amide bonds. The summed E-state index contributed by atoms with van der Waals surface area (Å²) in [5, 5.41) is 2.62. The summed E-state index contributed by atoms with van der Waals surface area (Å²) in [6, 6.07) is 2.62. The van der Waals surface area contributed by atoms with E-state index in [-0.39, 0.29) is 16.5 Å². The number of nitrogens with one attached hydrogen (secondary N) is 2. The molecule has 1 aromatic rings. The van der Waals surface area contributed by atoms with Crippen molar-refractivity contribution in [1.82, 2.24) is 9.71 Å². The lowest BCUT2D eigenvalue weighted by Gasteiger charge is -2.13. The Labute approximate surface area is 112 Å². The maximum absolute atomic E-state index is 12.2. The summed E-state index contributed by atoms with van der Waals surface area (Å²) in [6.45, 7) is 0. The zero-order valence-electron chi connectivity index (χ0n) is 10.3. The number of sulfone groups is 1. The van der Waals surface area contributed by atoms with Gasteiger partial charge in [-0.2, -0.15) is 0 Å². The van der Waals surface area contributed by atoms with Crippen molar-refractivity contribution >= 4 is 25.5 Å². The topological polar surface area (TPSA) is 105 Å². The molecular weight excluding hydrogens is 290 g/mol. The van der Waals surface area contributed by atoms with E-state index in [2.05, 4.69) is 15.0 Å². The van der Waals surface area contributed by atoms with Crippen LogP contribution in [0.2, 0.25) is 0 Å². The van der Waals surface area contributed by atoms with Crippen molar-refractivity contribution in [3.63, 3.8) is 0 Å². The highest BCUT2D eigenvalue weighted by Gasteiger charge is 2.32. The number of anilines is 1. The Morgan fingerprint density at radius 1 is 1.42 bits per heavy atom. The van der Waals surface area contributed by atoms with Crippen LogP contribution in [-0.2, 0) is 19.9 Å². The fourth-order valence-electron chi connectivity index (χ4n) is 1.96. The summed E-state index contributed by atoms with van der Waals surface area (Å²) in [5.74, 6) is -0.144. The Kier molecular flexibility index (Phi) is 3.79. The van der Waals surface area contributed by atoms with Crippen molar-refractivity contribution in [1.29, 1.82) is 0 Å². The molecule has 0 aromatic carbocycles. The van der Waals surface area contributed by atoms with Crippen LogP contribution in [0, 0.1) is 0 Å². The van der Waals surface area contributed by atoms with Crippen molar-refractivity contribution in [3.8, 4) is 0 Å². The molecule has 1 aliphatic heterocycles. The summed E-state index contributed by atoms with van der Waals surface area (Å²) >= 11 is 0.